The number of benzene rings is 3. The second-order valence-electron chi connectivity index (χ2n) is 11.5. The number of hydrogen-bond acceptors (Lipinski definition) is 5. The van der Waals surface area contributed by atoms with Crippen LogP contribution in [0.15, 0.2) is 128 Å². The minimum atomic E-state index is -0.683. The first-order valence-corrected chi connectivity index (χ1v) is 15.5. The van der Waals surface area contributed by atoms with Gasteiger partial charge in [0.15, 0.2) is 5.79 Å². The quantitative estimate of drug-likeness (QED) is 0.158. The molecule has 6 nitrogen and oxygen atoms in total. The first kappa shape index (κ1) is 27.1. The third-order valence-electron chi connectivity index (χ3n) is 9.06. The predicted molar refractivity (Wildman–Crippen MR) is 176 cm³/mol. The highest BCUT2D eigenvalue weighted by Gasteiger charge is 2.40. The predicted octanol–water partition coefficient (Wildman–Crippen LogP) is 7.74. The molecule has 0 saturated carbocycles. The van der Waals surface area contributed by atoms with Crippen LogP contribution in [-0.2, 0) is 15.0 Å². The smallest absolute Gasteiger partial charge is 0.172 e. The van der Waals surface area contributed by atoms with Crippen LogP contribution in [0.25, 0.3) is 27.7 Å². The van der Waals surface area contributed by atoms with Crippen molar-refractivity contribution in [2.45, 2.75) is 30.6 Å². The van der Waals surface area contributed by atoms with Crippen LogP contribution in [0.5, 0.6) is 0 Å². The number of fused-ring (bicyclic) bond motifs is 1. The number of thiol groups is 1. The molecule has 0 N–H and O–H groups in total. The van der Waals surface area contributed by atoms with Gasteiger partial charge in [0.1, 0.15) is 11.2 Å². The highest BCUT2D eigenvalue weighted by atomic mass is 32.1. The second-order valence-corrected chi connectivity index (χ2v) is 11.9. The molecule has 4 heterocycles. The summed E-state index contributed by atoms with van der Waals surface area (Å²) in [7, 11) is 0. The van der Waals surface area contributed by atoms with Crippen molar-refractivity contribution in [1.29, 1.82) is 0 Å². The Hall–Kier alpha value is -4.43. The Kier molecular flexibility index (Phi) is 6.74. The lowest BCUT2D eigenvalue weighted by Crippen LogP contribution is -2.38. The number of nitrogens with zero attached hydrogens (tertiary/aromatic N) is 4. The van der Waals surface area contributed by atoms with E-state index in [1.807, 2.05) is 18.6 Å². The van der Waals surface area contributed by atoms with Gasteiger partial charge < -0.3 is 9.47 Å². The zero-order valence-corrected chi connectivity index (χ0v) is 25.1. The van der Waals surface area contributed by atoms with Gasteiger partial charge in [-0.05, 0) is 40.3 Å². The van der Waals surface area contributed by atoms with Crippen molar-refractivity contribution in [3.05, 3.63) is 150 Å². The van der Waals surface area contributed by atoms with Crippen LogP contribution in [-0.4, -0.2) is 37.7 Å². The molecule has 0 atom stereocenters. The van der Waals surface area contributed by atoms with Crippen LogP contribution in [0, 0.1) is 0 Å². The van der Waals surface area contributed by atoms with Crippen LogP contribution in [0.4, 0.5) is 0 Å². The lowest BCUT2D eigenvalue weighted by molar-refractivity contribution is -0.159. The SMILES string of the molecule is Sn1cc(-c2cnn(C(c3ccccc3)(c3ccccc3)c3ccccc3)c2)c2cc(C3=CCC4(CC3)OCCO4)cnc21. The summed E-state index contributed by atoms with van der Waals surface area (Å²) in [6.45, 7) is 1.34. The summed E-state index contributed by atoms with van der Waals surface area (Å²) in [6.07, 6.45) is 12.8. The maximum Gasteiger partial charge on any atom is 0.172 e. The van der Waals surface area contributed by atoms with Crippen molar-refractivity contribution >= 4 is 29.4 Å². The molecule has 2 aliphatic rings. The largest absolute Gasteiger partial charge is 0.347 e. The van der Waals surface area contributed by atoms with E-state index in [2.05, 4.69) is 114 Å². The van der Waals surface area contributed by atoms with Crippen LogP contribution in [0.2, 0.25) is 0 Å². The number of hydrogen-bond donors (Lipinski definition) is 1. The van der Waals surface area contributed by atoms with E-state index in [9.17, 15) is 0 Å². The molecule has 44 heavy (non-hydrogen) atoms. The van der Waals surface area contributed by atoms with Crippen LogP contribution >= 0.6 is 12.8 Å². The Morgan fingerprint density at radius 2 is 1.36 bits per heavy atom. The maximum atomic E-state index is 5.94. The Labute approximate surface area is 262 Å². The Morgan fingerprint density at radius 1 is 0.750 bits per heavy atom. The number of pyridine rings is 1. The zero-order valence-electron chi connectivity index (χ0n) is 24.2. The van der Waals surface area contributed by atoms with E-state index in [0.717, 1.165) is 63.7 Å². The van der Waals surface area contributed by atoms with E-state index in [0.29, 0.717) is 13.2 Å². The van der Waals surface area contributed by atoms with Gasteiger partial charge in [0, 0.05) is 47.9 Å². The second kappa shape index (κ2) is 10.9. The summed E-state index contributed by atoms with van der Waals surface area (Å²) in [6, 6.07) is 34.0. The standard InChI is InChI=1S/C37H32N4O2S/c44-40-26-34(33-22-28(23-38-35(33)40)27-16-18-36(19-17-27)42-20-21-43-36)29-24-39-41(25-29)37(30-10-4-1-5-11-30,31-12-6-2-7-13-31)32-14-8-3-9-15-32/h1-16,22-26,44H,17-21H2. The van der Waals surface area contributed by atoms with E-state index >= 15 is 0 Å². The number of allylic oxidation sites excluding steroid dienone is 1. The monoisotopic (exact) mass is 596 g/mol. The molecule has 0 amide bonds. The van der Waals surface area contributed by atoms with Gasteiger partial charge in [0.25, 0.3) is 0 Å². The Morgan fingerprint density at radius 3 is 1.93 bits per heavy atom. The number of ether oxygens (including phenoxy) is 2. The lowest BCUT2D eigenvalue weighted by atomic mass is 9.77. The molecule has 3 aromatic carbocycles. The van der Waals surface area contributed by atoms with Crippen LogP contribution in [0.3, 0.4) is 0 Å². The summed E-state index contributed by atoms with van der Waals surface area (Å²) < 4.78 is 15.8. The molecule has 8 rings (SSSR count). The summed E-state index contributed by atoms with van der Waals surface area (Å²) >= 11 is 4.75. The molecule has 0 unspecified atom stereocenters. The van der Waals surface area contributed by atoms with Gasteiger partial charge in [-0.15, -0.1) is 0 Å². The van der Waals surface area contributed by atoms with Crippen molar-refractivity contribution in [2.24, 2.45) is 0 Å². The van der Waals surface area contributed by atoms with Gasteiger partial charge in [-0.1, -0.05) is 110 Å². The zero-order chi connectivity index (χ0) is 29.6. The topological polar surface area (TPSA) is 54.1 Å². The van der Waals surface area contributed by atoms with Gasteiger partial charge in [0.2, 0.25) is 0 Å². The molecule has 218 valence electrons. The fraction of sp³-hybridized carbons (Fsp3) is 0.189. The van der Waals surface area contributed by atoms with E-state index < -0.39 is 11.3 Å². The number of rotatable bonds is 6. The molecule has 1 saturated heterocycles. The molecule has 7 heteroatoms. The molecule has 3 aromatic heterocycles. The highest BCUT2D eigenvalue weighted by molar-refractivity contribution is 7.78. The van der Waals surface area contributed by atoms with Gasteiger partial charge in [-0.2, -0.15) is 5.10 Å². The third-order valence-corrected chi connectivity index (χ3v) is 9.36. The molecule has 1 fully saturated rings. The van der Waals surface area contributed by atoms with Crippen molar-refractivity contribution in [3.63, 3.8) is 0 Å². The first-order chi connectivity index (χ1) is 21.7. The summed E-state index contributed by atoms with van der Waals surface area (Å²) in [5.74, 6) is -0.446. The van der Waals surface area contributed by atoms with Crippen molar-refractivity contribution in [1.82, 2.24) is 18.7 Å². The minimum absolute atomic E-state index is 0.446. The normalized spacial score (nSPS) is 16.4. The third kappa shape index (κ3) is 4.42. The van der Waals surface area contributed by atoms with Crippen molar-refractivity contribution in [3.8, 4) is 11.1 Å². The van der Waals surface area contributed by atoms with Gasteiger partial charge in [0.05, 0.1) is 19.4 Å². The number of aromatic nitrogens is 4. The van der Waals surface area contributed by atoms with E-state index in [1.54, 1.807) is 3.97 Å². The van der Waals surface area contributed by atoms with Crippen LogP contribution < -0.4 is 0 Å². The fourth-order valence-electron chi connectivity index (χ4n) is 6.91. The maximum absolute atomic E-state index is 5.94. The molecule has 0 radical (unpaired) electrons. The molecule has 1 aliphatic heterocycles. The molecular formula is C37H32N4O2S. The van der Waals surface area contributed by atoms with Crippen LogP contribution in [0.1, 0.15) is 41.5 Å². The van der Waals surface area contributed by atoms with Crippen molar-refractivity contribution < 1.29 is 9.47 Å². The fourth-order valence-corrected chi connectivity index (χ4v) is 7.18. The average Bonchev–Trinajstić information content (AvgIpc) is 3.83. The molecule has 1 spiro atoms. The van der Waals surface area contributed by atoms with E-state index in [4.69, 9.17) is 32.4 Å². The van der Waals surface area contributed by atoms with Crippen molar-refractivity contribution in [2.75, 3.05) is 13.2 Å². The molecular weight excluding hydrogens is 565 g/mol. The molecule has 0 bridgehead atoms. The van der Waals surface area contributed by atoms with E-state index in [1.165, 1.54) is 5.57 Å². The van der Waals surface area contributed by atoms with Gasteiger partial charge in [-0.25, -0.2) is 4.98 Å². The van der Waals surface area contributed by atoms with Gasteiger partial charge >= 0.3 is 0 Å². The first-order valence-electron chi connectivity index (χ1n) is 15.1. The molecule has 6 aromatic rings. The summed E-state index contributed by atoms with van der Waals surface area (Å²) in [5, 5.41) is 6.12. The molecule has 1 aliphatic carbocycles. The summed E-state index contributed by atoms with van der Waals surface area (Å²) in [4.78, 5) is 4.85. The average molecular weight is 597 g/mol. The van der Waals surface area contributed by atoms with E-state index in [-0.39, 0.29) is 0 Å². The lowest BCUT2D eigenvalue weighted by Gasteiger charge is -2.36. The highest BCUT2D eigenvalue weighted by Crippen LogP contribution is 2.43. The Bertz CT molecular complexity index is 1860. The minimum Gasteiger partial charge on any atom is -0.347 e. The Balaban J connectivity index is 1.26. The van der Waals surface area contributed by atoms with Gasteiger partial charge in [-0.3, -0.25) is 8.65 Å². The summed E-state index contributed by atoms with van der Waals surface area (Å²) in [5.41, 5.74) is 7.94.